The van der Waals surface area contributed by atoms with Gasteiger partial charge in [-0.15, -0.1) is 0 Å². The van der Waals surface area contributed by atoms with E-state index in [1.165, 1.54) is 6.20 Å². The molecule has 1 heterocycles. The molecule has 1 rings (SSSR count). The van der Waals surface area contributed by atoms with E-state index in [9.17, 15) is 4.79 Å². The van der Waals surface area contributed by atoms with Crippen LogP contribution >= 0.6 is 0 Å². The van der Waals surface area contributed by atoms with Crippen LogP contribution in [0.4, 0.5) is 0 Å². The van der Waals surface area contributed by atoms with Crippen LogP contribution in [0.3, 0.4) is 0 Å². The number of amides is 1. The summed E-state index contributed by atoms with van der Waals surface area (Å²) in [6.45, 7) is 11.7. The average Bonchev–Trinajstić information content (AvgIpc) is 2.46. The van der Waals surface area contributed by atoms with Crippen LogP contribution in [-0.4, -0.2) is 16.4 Å². The van der Waals surface area contributed by atoms with Crippen LogP contribution in [0, 0.1) is 0 Å². The van der Waals surface area contributed by atoms with E-state index in [0.29, 0.717) is 5.89 Å². The van der Waals surface area contributed by atoms with Crippen molar-refractivity contribution in [2.75, 3.05) is 0 Å². The van der Waals surface area contributed by atoms with E-state index in [0.717, 1.165) is 0 Å². The molecule has 0 saturated heterocycles. The third-order valence-corrected chi connectivity index (χ3v) is 1.86. The molecule has 1 aromatic heterocycles. The second-order valence-electron chi connectivity index (χ2n) is 5.98. The molecule has 0 aliphatic heterocycles. The lowest BCUT2D eigenvalue weighted by atomic mass is 9.97. The van der Waals surface area contributed by atoms with Crippen LogP contribution in [0.25, 0.3) is 0 Å². The van der Waals surface area contributed by atoms with Crippen LogP contribution in [0.5, 0.6) is 0 Å². The maximum Gasteiger partial charge on any atom is 0.289 e. The molecule has 0 bridgehead atoms. The molecule has 1 amide bonds. The van der Waals surface area contributed by atoms with Gasteiger partial charge in [-0.1, -0.05) is 20.8 Å². The fourth-order valence-corrected chi connectivity index (χ4v) is 1.13. The molecule has 0 aromatic carbocycles. The standard InChI is InChI=1S/C12H20N2O2/c1-11(2,3)10-13-7-8(16-10)9(15)14-12(4,5)6/h7H,1-6H3,(H,14,15). The van der Waals surface area contributed by atoms with Crippen molar-refractivity contribution in [2.45, 2.75) is 52.5 Å². The molecule has 0 atom stereocenters. The highest BCUT2D eigenvalue weighted by Gasteiger charge is 2.24. The lowest BCUT2D eigenvalue weighted by molar-refractivity contribution is 0.0887. The van der Waals surface area contributed by atoms with Crippen LogP contribution in [0.2, 0.25) is 0 Å². The zero-order chi connectivity index (χ0) is 12.6. The molecule has 0 aliphatic carbocycles. The Morgan fingerprint density at radius 3 is 2.19 bits per heavy atom. The molecule has 0 saturated carbocycles. The van der Waals surface area contributed by atoms with Crippen molar-refractivity contribution in [3.63, 3.8) is 0 Å². The Balaban J connectivity index is 2.83. The largest absolute Gasteiger partial charge is 0.435 e. The molecule has 1 aromatic rings. The Morgan fingerprint density at radius 1 is 1.25 bits per heavy atom. The summed E-state index contributed by atoms with van der Waals surface area (Å²) in [6.07, 6.45) is 1.47. The molecular weight excluding hydrogens is 204 g/mol. The van der Waals surface area contributed by atoms with Crippen molar-refractivity contribution in [1.82, 2.24) is 10.3 Å². The number of aromatic nitrogens is 1. The normalized spacial score (nSPS) is 12.6. The quantitative estimate of drug-likeness (QED) is 0.797. The van der Waals surface area contributed by atoms with E-state index in [1.807, 2.05) is 41.5 Å². The molecular formula is C12H20N2O2. The third-order valence-electron chi connectivity index (χ3n) is 1.86. The summed E-state index contributed by atoms with van der Waals surface area (Å²) in [5, 5.41) is 2.83. The van der Waals surface area contributed by atoms with Crippen LogP contribution in [0.15, 0.2) is 10.6 Å². The van der Waals surface area contributed by atoms with Gasteiger partial charge in [-0.05, 0) is 20.8 Å². The van der Waals surface area contributed by atoms with Gasteiger partial charge in [-0.2, -0.15) is 0 Å². The van der Waals surface area contributed by atoms with E-state index in [-0.39, 0.29) is 22.6 Å². The van der Waals surface area contributed by atoms with Crippen molar-refractivity contribution in [1.29, 1.82) is 0 Å². The van der Waals surface area contributed by atoms with Gasteiger partial charge in [0.1, 0.15) is 0 Å². The van der Waals surface area contributed by atoms with E-state index in [4.69, 9.17) is 4.42 Å². The first-order valence-electron chi connectivity index (χ1n) is 5.38. The van der Waals surface area contributed by atoms with Crippen molar-refractivity contribution >= 4 is 5.91 Å². The number of hydrogen-bond donors (Lipinski definition) is 1. The van der Waals surface area contributed by atoms with Gasteiger partial charge < -0.3 is 9.73 Å². The van der Waals surface area contributed by atoms with E-state index >= 15 is 0 Å². The van der Waals surface area contributed by atoms with Crippen molar-refractivity contribution < 1.29 is 9.21 Å². The average molecular weight is 224 g/mol. The van der Waals surface area contributed by atoms with Gasteiger partial charge in [0.25, 0.3) is 5.91 Å². The van der Waals surface area contributed by atoms with Crippen molar-refractivity contribution in [3.05, 3.63) is 17.8 Å². The maximum absolute atomic E-state index is 11.8. The Morgan fingerprint density at radius 2 is 1.81 bits per heavy atom. The molecule has 1 N–H and O–H groups in total. The summed E-state index contributed by atoms with van der Waals surface area (Å²) >= 11 is 0. The molecule has 0 radical (unpaired) electrons. The number of carbonyl (C=O) groups excluding carboxylic acids is 1. The monoisotopic (exact) mass is 224 g/mol. The molecule has 90 valence electrons. The summed E-state index contributed by atoms with van der Waals surface area (Å²) in [5.41, 5.74) is -0.452. The lowest BCUT2D eigenvalue weighted by Gasteiger charge is -2.19. The van der Waals surface area contributed by atoms with Crippen LogP contribution in [-0.2, 0) is 5.41 Å². The van der Waals surface area contributed by atoms with Gasteiger partial charge in [-0.3, -0.25) is 4.79 Å². The smallest absolute Gasteiger partial charge is 0.289 e. The molecule has 16 heavy (non-hydrogen) atoms. The number of nitrogens with one attached hydrogen (secondary N) is 1. The number of oxazole rings is 1. The van der Waals surface area contributed by atoms with Crippen molar-refractivity contribution in [3.8, 4) is 0 Å². The second-order valence-corrected chi connectivity index (χ2v) is 5.98. The zero-order valence-electron chi connectivity index (χ0n) is 10.8. The topological polar surface area (TPSA) is 55.1 Å². The first kappa shape index (κ1) is 12.7. The highest BCUT2D eigenvalue weighted by Crippen LogP contribution is 2.21. The third kappa shape index (κ3) is 3.36. The van der Waals surface area contributed by atoms with Gasteiger partial charge in [0.2, 0.25) is 11.7 Å². The van der Waals surface area contributed by atoms with E-state index < -0.39 is 0 Å². The predicted molar refractivity (Wildman–Crippen MR) is 62.4 cm³/mol. The number of nitrogens with zero attached hydrogens (tertiary/aromatic N) is 1. The minimum Gasteiger partial charge on any atom is -0.435 e. The predicted octanol–water partition coefficient (Wildman–Crippen LogP) is 2.50. The fraction of sp³-hybridized carbons (Fsp3) is 0.667. The van der Waals surface area contributed by atoms with Crippen LogP contribution in [0.1, 0.15) is 58.0 Å². The van der Waals surface area contributed by atoms with Gasteiger partial charge in [0.05, 0.1) is 6.20 Å². The number of hydrogen-bond acceptors (Lipinski definition) is 3. The summed E-state index contributed by atoms with van der Waals surface area (Å²) in [6, 6.07) is 0. The maximum atomic E-state index is 11.8. The van der Waals surface area contributed by atoms with Gasteiger partial charge in [0, 0.05) is 11.0 Å². The zero-order valence-corrected chi connectivity index (χ0v) is 10.8. The summed E-state index contributed by atoms with van der Waals surface area (Å²) in [5.74, 6) is 0.613. The van der Waals surface area contributed by atoms with E-state index in [1.54, 1.807) is 0 Å². The highest BCUT2D eigenvalue weighted by atomic mass is 16.4. The van der Waals surface area contributed by atoms with Gasteiger partial charge >= 0.3 is 0 Å². The summed E-state index contributed by atoms with van der Waals surface area (Å²) in [4.78, 5) is 15.9. The SMILES string of the molecule is CC(C)(C)NC(=O)c1cnc(C(C)(C)C)o1. The lowest BCUT2D eigenvalue weighted by Crippen LogP contribution is -2.40. The van der Waals surface area contributed by atoms with Crippen molar-refractivity contribution in [2.24, 2.45) is 0 Å². The first-order valence-corrected chi connectivity index (χ1v) is 5.38. The number of carbonyl (C=O) groups is 1. The Labute approximate surface area is 96.4 Å². The molecule has 0 spiro atoms. The summed E-state index contributed by atoms with van der Waals surface area (Å²) in [7, 11) is 0. The molecule has 0 aliphatic rings. The molecule has 0 fully saturated rings. The van der Waals surface area contributed by atoms with Gasteiger partial charge in [-0.25, -0.2) is 4.98 Å². The minimum atomic E-state index is -0.272. The Kier molecular flexibility index (Phi) is 3.13. The fourth-order valence-electron chi connectivity index (χ4n) is 1.13. The number of rotatable bonds is 1. The second kappa shape index (κ2) is 3.92. The van der Waals surface area contributed by atoms with Gasteiger partial charge in [0.15, 0.2) is 0 Å². The molecule has 4 heteroatoms. The highest BCUT2D eigenvalue weighted by molar-refractivity contribution is 5.91. The molecule has 4 nitrogen and oxygen atoms in total. The van der Waals surface area contributed by atoms with E-state index in [2.05, 4.69) is 10.3 Å². The molecule has 0 unspecified atom stereocenters. The summed E-state index contributed by atoms with van der Waals surface area (Å²) < 4.78 is 5.43. The Hall–Kier alpha value is -1.32. The van der Waals surface area contributed by atoms with Crippen LogP contribution < -0.4 is 5.32 Å². The minimum absolute atomic E-state index is 0.180. The first-order chi connectivity index (χ1) is 7.09. The Bertz CT molecular complexity index is 380.